The van der Waals surface area contributed by atoms with Gasteiger partial charge in [-0.3, -0.25) is 14.5 Å². The third-order valence-corrected chi connectivity index (χ3v) is 3.73. The number of hydrogen-bond donors (Lipinski definition) is 2. The van der Waals surface area contributed by atoms with Crippen LogP contribution in [0.5, 0.6) is 0 Å². The lowest BCUT2D eigenvalue weighted by Crippen LogP contribution is -2.58. The molecule has 6 heteroatoms. The Morgan fingerprint density at radius 1 is 1.16 bits per heavy atom. The van der Waals surface area contributed by atoms with Crippen LogP contribution in [0.2, 0.25) is 0 Å². The first kappa shape index (κ1) is 15.9. The average Bonchev–Trinajstić information content (AvgIpc) is 2.35. The first-order valence-corrected chi connectivity index (χ1v) is 6.66. The van der Waals surface area contributed by atoms with Crippen molar-refractivity contribution < 1.29 is 14.7 Å². The molecule has 1 fully saturated rings. The van der Waals surface area contributed by atoms with Gasteiger partial charge in [0.2, 0.25) is 5.91 Å². The molecule has 1 amide bonds. The fourth-order valence-corrected chi connectivity index (χ4v) is 2.05. The largest absolute Gasteiger partial charge is 0.480 e. The normalized spacial score (nSPS) is 21.0. The number of carbonyl (C=O) groups excluding carboxylic acids is 1. The number of amides is 1. The van der Waals surface area contributed by atoms with E-state index in [-0.39, 0.29) is 11.3 Å². The molecule has 1 rings (SSSR count). The van der Waals surface area contributed by atoms with Crippen LogP contribution in [0.25, 0.3) is 0 Å². The zero-order chi connectivity index (χ0) is 14.8. The second-order valence-corrected chi connectivity index (χ2v) is 6.22. The van der Waals surface area contributed by atoms with Gasteiger partial charge < -0.3 is 15.7 Å². The van der Waals surface area contributed by atoms with Gasteiger partial charge in [0.15, 0.2) is 0 Å². The molecule has 2 atom stereocenters. The number of carboxylic acid groups (broad SMARTS) is 1. The topological polar surface area (TPSA) is 86.9 Å². The quantitative estimate of drug-likeness (QED) is 0.753. The molecule has 2 unspecified atom stereocenters. The van der Waals surface area contributed by atoms with Crippen LogP contribution in [0.1, 0.15) is 27.7 Å². The Hall–Kier alpha value is -1.14. The zero-order valence-electron chi connectivity index (χ0n) is 12.2. The van der Waals surface area contributed by atoms with Gasteiger partial charge in [0.25, 0.3) is 0 Å². The minimum absolute atomic E-state index is 0.0462. The highest BCUT2D eigenvalue weighted by molar-refractivity contribution is 5.82. The van der Waals surface area contributed by atoms with Crippen LogP contribution in [-0.4, -0.2) is 65.0 Å². The van der Waals surface area contributed by atoms with Gasteiger partial charge in [0, 0.05) is 26.2 Å². The van der Waals surface area contributed by atoms with Crippen molar-refractivity contribution in [3.05, 3.63) is 0 Å². The van der Waals surface area contributed by atoms with E-state index in [9.17, 15) is 9.59 Å². The molecule has 0 bridgehead atoms. The summed E-state index contributed by atoms with van der Waals surface area (Å²) in [6.45, 7) is 9.74. The minimum atomic E-state index is -0.828. The fourth-order valence-electron chi connectivity index (χ4n) is 2.05. The third kappa shape index (κ3) is 3.91. The summed E-state index contributed by atoms with van der Waals surface area (Å²) in [6, 6.07) is -1.02. The summed E-state index contributed by atoms with van der Waals surface area (Å²) in [4.78, 5) is 26.7. The van der Waals surface area contributed by atoms with Gasteiger partial charge in [0.05, 0.1) is 6.04 Å². The highest BCUT2D eigenvalue weighted by atomic mass is 16.4. The van der Waals surface area contributed by atoms with Crippen LogP contribution in [0, 0.1) is 5.41 Å². The molecule has 0 aromatic rings. The Balaban J connectivity index is 2.55. The molecule has 0 spiro atoms. The molecule has 0 saturated carbocycles. The second-order valence-electron chi connectivity index (χ2n) is 6.22. The van der Waals surface area contributed by atoms with E-state index in [1.165, 1.54) is 0 Å². The summed E-state index contributed by atoms with van der Waals surface area (Å²) < 4.78 is 0. The molecule has 6 nitrogen and oxygen atoms in total. The molecule has 3 N–H and O–H groups in total. The van der Waals surface area contributed by atoms with Crippen molar-refractivity contribution in [3.63, 3.8) is 0 Å². The van der Waals surface area contributed by atoms with Crippen molar-refractivity contribution >= 4 is 11.9 Å². The molecule has 19 heavy (non-hydrogen) atoms. The van der Waals surface area contributed by atoms with Gasteiger partial charge in [-0.15, -0.1) is 0 Å². The molecule has 1 saturated heterocycles. The summed E-state index contributed by atoms with van der Waals surface area (Å²) in [5.74, 6) is -0.874. The van der Waals surface area contributed by atoms with E-state index in [4.69, 9.17) is 10.8 Å². The molecule has 0 aromatic heterocycles. The molecule has 1 aliphatic rings. The third-order valence-electron chi connectivity index (χ3n) is 3.73. The van der Waals surface area contributed by atoms with Gasteiger partial charge >= 0.3 is 5.97 Å². The number of nitrogens with zero attached hydrogens (tertiary/aromatic N) is 2. The summed E-state index contributed by atoms with van der Waals surface area (Å²) >= 11 is 0. The van der Waals surface area contributed by atoms with Crippen LogP contribution in [0.4, 0.5) is 0 Å². The van der Waals surface area contributed by atoms with Crippen molar-refractivity contribution in [2.45, 2.75) is 39.8 Å². The molecule has 1 aliphatic heterocycles. The number of piperazine rings is 1. The summed E-state index contributed by atoms with van der Waals surface area (Å²) in [7, 11) is 0. The Labute approximate surface area is 114 Å². The Morgan fingerprint density at radius 3 is 2.00 bits per heavy atom. The Bertz CT molecular complexity index is 344. The molecule has 0 aliphatic carbocycles. The SMILES string of the molecule is CC(C(=O)O)N1CCN(C(=O)C(N)C(C)(C)C)CC1. The van der Waals surface area contributed by atoms with E-state index in [0.29, 0.717) is 26.2 Å². The number of aliphatic carboxylic acids is 1. The van der Waals surface area contributed by atoms with Gasteiger partial charge in [-0.1, -0.05) is 20.8 Å². The fraction of sp³-hybridized carbons (Fsp3) is 0.846. The van der Waals surface area contributed by atoms with Crippen LogP contribution >= 0.6 is 0 Å². The van der Waals surface area contributed by atoms with Crippen molar-refractivity contribution in [3.8, 4) is 0 Å². The summed E-state index contributed by atoms with van der Waals surface area (Å²) in [5, 5.41) is 8.96. The maximum absolute atomic E-state index is 12.2. The number of carbonyl (C=O) groups is 2. The average molecular weight is 271 g/mol. The van der Waals surface area contributed by atoms with Crippen LogP contribution in [0.15, 0.2) is 0 Å². The monoisotopic (exact) mass is 271 g/mol. The minimum Gasteiger partial charge on any atom is -0.480 e. The molecular weight excluding hydrogens is 246 g/mol. The smallest absolute Gasteiger partial charge is 0.320 e. The lowest BCUT2D eigenvalue weighted by molar-refractivity contribution is -0.144. The number of carboxylic acids is 1. The van der Waals surface area contributed by atoms with Crippen LogP contribution in [0.3, 0.4) is 0 Å². The highest BCUT2D eigenvalue weighted by Gasteiger charge is 2.33. The first-order chi connectivity index (χ1) is 8.64. The maximum atomic E-state index is 12.2. The molecular formula is C13H25N3O3. The van der Waals surface area contributed by atoms with E-state index in [2.05, 4.69) is 0 Å². The Kier molecular flexibility index (Phi) is 4.92. The predicted octanol–water partition coefficient (Wildman–Crippen LogP) is -0.0229. The van der Waals surface area contributed by atoms with Crippen LogP contribution < -0.4 is 5.73 Å². The van der Waals surface area contributed by atoms with Crippen molar-refractivity contribution in [1.29, 1.82) is 0 Å². The van der Waals surface area contributed by atoms with E-state index >= 15 is 0 Å². The van der Waals surface area contributed by atoms with E-state index in [0.717, 1.165) is 0 Å². The van der Waals surface area contributed by atoms with Crippen molar-refractivity contribution in [2.75, 3.05) is 26.2 Å². The zero-order valence-corrected chi connectivity index (χ0v) is 12.2. The van der Waals surface area contributed by atoms with E-state index < -0.39 is 18.1 Å². The van der Waals surface area contributed by atoms with Crippen LogP contribution in [-0.2, 0) is 9.59 Å². The van der Waals surface area contributed by atoms with E-state index in [1.807, 2.05) is 25.7 Å². The molecule has 1 heterocycles. The first-order valence-electron chi connectivity index (χ1n) is 6.66. The Morgan fingerprint density at radius 2 is 1.63 bits per heavy atom. The number of nitrogens with two attached hydrogens (primary N) is 1. The highest BCUT2D eigenvalue weighted by Crippen LogP contribution is 2.20. The second kappa shape index (κ2) is 5.88. The maximum Gasteiger partial charge on any atom is 0.320 e. The number of hydrogen-bond acceptors (Lipinski definition) is 4. The predicted molar refractivity (Wildman–Crippen MR) is 72.7 cm³/mol. The van der Waals surface area contributed by atoms with Crippen molar-refractivity contribution in [2.24, 2.45) is 11.1 Å². The molecule has 0 radical (unpaired) electrons. The van der Waals surface area contributed by atoms with Gasteiger partial charge in [-0.25, -0.2) is 0 Å². The molecule has 0 aromatic carbocycles. The van der Waals surface area contributed by atoms with E-state index in [1.54, 1.807) is 11.8 Å². The van der Waals surface area contributed by atoms with Gasteiger partial charge in [0.1, 0.15) is 6.04 Å². The van der Waals surface area contributed by atoms with Gasteiger partial charge in [-0.05, 0) is 12.3 Å². The lowest BCUT2D eigenvalue weighted by Gasteiger charge is -2.39. The summed E-state index contributed by atoms with van der Waals surface area (Å²) in [6.07, 6.45) is 0. The van der Waals surface area contributed by atoms with Crippen molar-refractivity contribution in [1.82, 2.24) is 9.80 Å². The standard InChI is InChI=1S/C13H25N3O3/c1-9(12(18)19)15-5-7-16(8-6-15)11(17)10(14)13(2,3)4/h9-10H,5-8,14H2,1-4H3,(H,18,19). The lowest BCUT2D eigenvalue weighted by atomic mass is 9.86. The number of rotatable bonds is 3. The molecule has 110 valence electrons. The van der Waals surface area contributed by atoms with Gasteiger partial charge in [-0.2, -0.15) is 0 Å². The summed E-state index contributed by atoms with van der Waals surface area (Å²) in [5.41, 5.74) is 5.71.